The molecule has 1 aromatic heterocycles. The molecule has 1 amide bonds. The van der Waals surface area contributed by atoms with Gasteiger partial charge >= 0.3 is 6.09 Å². The molecule has 1 aliphatic heterocycles. The third-order valence-electron chi connectivity index (χ3n) is 6.82. The number of anilines is 2. The highest BCUT2D eigenvalue weighted by atomic mass is 28.4. The average Bonchev–Trinajstić information content (AvgIpc) is 3.06. The lowest BCUT2D eigenvalue weighted by Crippen LogP contribution is -2.48. The number of cyclic esters (lactones) is 1. The fraction of sp³-hybridized carbons (Fsp3) is 0.667. The summed E-state index contributed by atoms with van der Waals surface area (Å²) in [7, 11) is -4.66. The maximum atomic E-state index is 12.4. The van der Waals surface area contributed by atoms with Gasteiger partial charge in [-0.2, -0.15) is 0 Å². The summed E-state index contributed by atoms with van der Waals surface area (Å²) in [6.45, 7) is 15.4. The normalized spacial score (nSPS) is 16.9. The SMILES string of the molecule is [2H]C([2H])([2H])Oc1cc2c(cc1N1CCCOC1=O)nc(N)n2CCCO[Si](C(C)C)(C(C)C)C(C)C. The number of hydrogen-bond acceptors (Lipinski definition) is 6. The molecule has 0 bridgehead atoms. The quantitative estimate of drug-likeness (QED) is 0.354. The highest BCUT2D eigenvalue weighted by molar-refractivity contribution is 6.77. The first kappa shape index (κ1) is 21.3. The van der Waals surface area contributed by atoms with E-state index >= 15 is 0 Å². The maximum absolute atomic E-state index is 12.4. The van der Waals surface area contributed by atoms with Crippen LogP contribution in [-0.2, 0) is 15.7 Å². The summed E-state index contributed by atoms with van der Waals surface area (Å²) in [4.78, 5) is 18.2. The molecule has 2 N–H and O–H groups in total. The predicted molar refractivity (Wildman–Crippen MR) is 136 cm³/mol. The molecular formula is C24H40N4O4Si. The van der Waals surface area contributed by atoms with Gasteiger partial charge in [0, 0.05) is 25.8 Å². The molecule has 1 aromatic carbocycles. The lowest BCUT2D eigenvalue weighted by atomic mass is 10.2. The number of carbonyl (C=O) groups is 1. The Morgan fingerprint density at radius 2 is 1.91 bits per heavy atom. The highest BCUT2D eigenvalue weighted by Gasteiger charge is 2.44. The van der Waals surface area contributed by atoms with Gasteiger partial charge in [-0.1, -0.05) is 41.5 Å². The van der Waals surface area contributed by atoms with Crippen molar-refractivity contribution in [3.63, 3.8) is 0 Å². The molecule has 2 aromatic rings. The Bertz CT molecular complexity index is 1050. The van der Waals surface area contributed by atoms with Crippen LogP contribution in [0.4, 0.5) is 16.4 Å². The summed E-state index contributed by atoms with van der Waals surface area (Å²) in [6, 6.07) is 3.24. The number of amides is 1. The Morgan fingerprint density at radius 3 is 2.52 bits per heavy atom. The first-order valence-electron chi connectivity index (χ1n) is 13.3. The third kappa shape index (κ3) is 4.84. The Labute approximate surface area is 202 Å². The summed E-state index contributed by atoms with van der Waals surface area (Å²) >= 11 is 0. The molecule has 0 unspecified atom stereocenters. The number of aryl methyl sites for hydroxylation is 1. The molecule has 1 fully saturated rings. The van der Waals surface area contributed by atoms with Gasteiger partial charge in [0.25, 0.3) is 0 Å². The van der Waals surface area contributed by atoms with Gasteiger partial charge in [0.2, 0.25) is 5.95 Å². The zero-order valence-electron chi connectivity index (χ0n) is 23.7. The van der Waals surface area contributed by atoms with Crippen molar-refractivity contribution in [1.82, 2.24) is 9.55 Å². The molecule has 3 rings (SSSR count). The molecule has 33 heavy (non-hydrogen) atoms. The first-order valence-corrected chi connectivity index (χ1v) is 14.0. The van der Waals surface area contributed by atoms with Crippen molar-refractivity contribution >= 4 is 37.1 Å². The zero-order valence-corrected chi connectivity index (χ0v) is 21.7. The van der Waals surface area contributed by atoms with Crippen molar-refractivity contribution in [2.45, 2.75) is 77.6 Å². The average molecular weight is 480 g/mol. The molecule has 0 saturated carbocycles. The number of nitrogen functional groups attached to an aromatic ring is 1. The van der Waals surface area contributed by atoms with Crippen LogP contribution in [-0.4, -0.2) is 50.8 Å². The molecule has 1 aliphatic rings. The molecule has 0 radical (unpaired) electrons. The van der Waals surface area contributed by atoms with Gasteiger partial charge in [0.05, 0.1) is 34.5 Å². The number of imidazole rings is 1. The summed E-state index contributed by atoms with van der Waals surface area (Å²) in [5.74, 6) is 0.368. The summed E-state index contributed by atoms with van der Waals surface area (Å²) < 4.78 is 41.8. The minimum absolute atomic E-state index is 0.0598. The number of nitrogens with two attached hydrogens (primary N) is 1. The largest absolute Gasteiger partial charge is 0.494 e. The molecule has 0 spiro atoms. The fourth-order valence-electron chi connectivity index (χ4n) is 5.43. The lowest BCUT2D eigenvalue weighted by Gasteiger charge is -2.42. The van der Waals surface area contributed by atoms with Gasteiger partial charge in [-0.25, -0.2) is 9.78 Å². The van der Waals surface area contributed by atoms with Crippen LogP contribution in [0.3, 0.4) is 0 Å². The van der Waals surface area contributed by atoms with Crippen LogP contribution in [0, 0.1) is 0 Å². The van der Waals surface area contributed by atoms with Crippen molar-refractivity contribution in [2.75, 3.05) is 37.4 Å². The smallest absolute Gasteiger partial charge is 0.414 e. The molecule has 184 valence electrons. The molecular weight excluding hydrogens is 436 g/mol. The molecule has 9 heteroatoms. The van der Waals surface area contributed by atoms with Gasteiger partial charge in [-0.05, 0) is 35.5 Å². The number of ether oxygens (including phenoxy) is 2. The number of hydrogen-bond donors (Lipinski definition) is 1. The topological polar surface area (TPSA) is 91.8 Å². The van der Waals surface area contributed by atoms with E-state index in [0.29, 0.717) is 72.0 Å². The van der Waals surface area contributed by atoms with Crippen molar-refractivity contribution in [3.05, 3.63) is 12.1 Å². The zero-order chi connectivity index (χ0) is 26.8. The maximum Gasteiger partial charge on any atom is 0.414 e. The molecule has 8 nitrogen and oxygen atoms in total. The van der Waals surface area contributed by atoms with Crippen LogP contribution < -0.4 is 15.4 Å². The van der Waals surface area contributed by atoms with Gasteiger partial charge in [0.15, 0.2) is 8.32 Å². The second-order valence-corrected chi connectivity index (χ2v) is 15.1. The minimum Gasteiger partial charge on any atom is -0.494 e. The van der Waals surface area contributed by atoms with Gasteiger partial charge in [-0.3, -0.25) is 4.90 Å². The Hall–Kier alpha value is -2.26. The van der Waals surface area contributed by atoms with Crippen LogP contribution >= 0.6 is 0 Å². The second-order valence-electron chi connectivity index (χ2n) is 9.67. The Kier molecular flexibility index (Phi) is 6.67. The first-order chi connectivity index (χ1) is 16.8. The lowest BCUT2D eigenvalue weighted by molar-refractivity contribution is 0.140. The summed E-state index contributed by atoms with van der Waals surface area (Å²) in [5, 5.41) is 0. The van der Waals surface area contributed by atoms with E-state index in [2.05, 4.69) is 46.5 Å². The standard InChI is InChI=1S/C24H40N4O4Si/c1-16(2)33(17(3)4,18(5)6)32-13-9-10-27-20-15-22(30-7)21(14-19(20)26-23(27)25)28-11-8-12-31-24(28)29/h14-18H,8-13H2,1-7H3,(H2,25,26)/i7D3. The number of nitrogens with zero attached hydrogens (tertiary/aromatic N) is 3. The molecule has 0 aliphatic carbocycles. The monoisotopic (exact) mass is 479 g/mol. The number of fused-ring (bicyclic) bond motifs is 1. The second kappa shape index (κ2) is 10.3. The molecule has 1 saturated heterocycles. The van der Waals surface area contributed by atoms with Crippen LogP contribution in [0.1, 0.15) is 58.5 Å². The van der Waals surface area contributed by atoms with Crippen LogP contribution in [0.2, 0.25) is 16.6 Å². The minimum atomic E-state index is -2.69. The van der Waals surface area contributed by atoms with E-state index in [9.17, 15) is 4.79 Å². The predicted octanol–water partition coefficient (Wildman–Crippen LogP) is 5.56. The van der Waals surface area contributed by atoms with E-state index in [-0.39, 0.29) is 5.75 Å². The van der Waals surface area contributed by atoms with E-state index in [1.165, 1.54) is 4.90 Å². The van der Waals surface area contributed by atoms with Crippen LogP contribution in [0.5, 0.6) is 5.75 Å². The van der Waals surface area contributed by atoms with Crippen molar-refractivity contribution in [1.29, 1.82) is 0 Å². The number of benzene rings is 1. The van der Waals surface area contributed by atoms with Crippen LogP contribution in [0.25, 0.3) is 11.0 Å². The summed E-state index contributed by atoms with van der Waals surface area (Å²) in [6.07, 6.45) is 0.807. The van der Waals surface area contributed by atoms with Crippen LogP contribution in [0.15, 0.2) is 12.1 Å². The van der Waals surface area contributed by atoms with Crippen molar-refractivity contribution < 1.29 is 22.8 Å². The Morgan fingerprint density at radius 1 is 1.21 bits per heavy atom. The third-order valence-corrected chi connectivity index (χ3v) is 12.9. The van der Waals surface area contributed by atoms with E-state index in [1.54, 1.807) is 12.1 Å². The van der Waals surface area contributed by atoms with E-state index in [1.807, 2.05) is 4.57 Å². The van der Waals surface area contributed by atoms with E-state index in [4.69, 9.17) is 23.7 Å². The van der Waals surface area contributed by atoms with Gasteiger partial charge in [-0.15, -0.1) is 0 Å². The molecule has 2 heterocycles. The number of aromatic nitrogens is 2. The van der Waals surface area contributed by atoms with Crippen molar-refractivity contribution in [3.8, 4) is 5.75 Å². The van der Waals surface area contributed by atoms with Crippen molar-refractivity contribution in [2.24, 2.45) is 0 Å². The van der Waals surface area contributed by atoms with E-state index in [0.717, 1.165) is 6.42 Å². The Balaban J connectivity index is 1.88. The number of rotatable bonds is 10. The summed E-state index contributed by atoms with van der Waals surface area (Å²) in [5.41, 5.74) is 9.25. The van der Waals surface area contributed by atoms with Gasteiger partial charge < -0.3 is 24.2 Å². The number of carbonyl (C=O) groups excluding carboxylic acids is 1. The highest BCUT2D eigenvalue weighted by Crippen LogP contribution is 2.42. The fourth-order valence-corrected chi connectivity index (χ4v) is 10.9. The molecule has 0 atom stereocenters. The van der Waals surface area contributed by atoms with Gasteiger partial charge in [0.1, 0.15) is 5.75 Å². The van der Waals surface area contributed by atoms with E-state index < -0.39 is 21.4 Å². The number of methoxy groups -OCH3 is 1.